The van der Waals surface area contributed by atoms with Crippen LogP contribution in [-0.2, 0) is 6.42 Å². The van der Waals surface area contributed by atoms with Crippen molar-refractivity contribution >= 4 is 0 Å². The summed E-state index contributed by atoms with van der Waals surface area (Å²) in [5, 5.41) is 3.46. The van der Waals surface area contributed by atoms with E-state index in [0.29, 0.717) is 0 Å². The molecule has 1 aliphatic heterocycles. The Morgan fingerprint density at radius 3 is 2.53 bits per heavy atom. The van der Waals surface area contributed by atoms with Gasteiger partial charge < -0.3 is 5.32 Å². The molecule has 1 aromatic carbocycles. The highest BCUT2D eigenvalue weighted by Crippen LogP contribution is 2.51. The smallest absolute Gasteiger partial charge is 0.00144 e. The summed E-state index contributed by atoms with van der Waals surface area (Å²) in [4.78, 5) is 0. The Labute approximate surface area is 91.9 Å². The molecule has 80 valence electrons. The predicted molar refractivity (Wildman–Crippen MR) is 62.7 cm³/mol. The fourth-order valence-corrected chi connectivity index (χ4v) is 3.16. The van der Waals surface area contributed by atoms with Gasteiger partial charge in [0.1, 0.15) is 0 Å². The lowest BCUT2D eigenvalue weighted by molar-refractivity contribution is 0.540. The zero-order chi connectivity index (χ0) is 10.1. The van der Waals surface area contributed by atoms with Gasteiger partial charge in [0, 0.05) is 0 Å². The molecular formula is C14H19N. The van der Waals surface area contributed by atoms with Crippen LogP contribution in [0.1, 0.15) is 18.4 Å². The average Bonchev–Trinajstić information content (AvgIpc) is 2.75. The first-order valence-electron chi connectivity index (χ1n) is 6.20. The summed E-state index contributed by atoms with van der Waals surface area (Å²) in [6.07, 6.45) is 4.10. The van der Waals surface area contributed by atoms with Crippen LogP contribution in [0.5, 0.6) is 0 Å². The number of fused-ring (bicyclic) bond motifs is 1. The molecular weight excluding hydrogens is 182 g/mol. The molecule has 1 aromatic rings. The number of hydrogen-bond acceptors (Lipinski definition) is 1. The third kappa shape index (κ3) is 1.93. The van der Waals surface area contributed by atoms with Crippen molar-refractivity contribution in [3.63, 3.8) is 0 Å². The number of hydrogen-bond donors (Lipinski definition) is 1. The van der Waals surface area contributed by atoms with Gasteiger partial charge in [0.15, 0.2) is 0 Å². The number of rotatable bonds is 4. The van der Waals surface area contributed by atoms with Crippen LogP contribution < -0.4 is 5.32 Å². The Morgan fingerprint density at radius 2 is 1.80 bits per heavy atom. The van der Waals surface area contributed by atoms with Gasteiger partial charge in [0.25, 0.3) is 0 Å². The van der Waals surface area contributed by atoms with Crippen molar-refractivity contribution in [1.82, 2.24) is 5.32 Å². The van der Waals surface area contributed by atoms with Crippen LogP contribution in [0.3, 0.4) is 0 Å². The van der Waals surface area contributed by atoms with Crippen LogP contribution in [0.4, 0.5) is 0 Å². The monoisotopic (exact) mass is 201 g/mol. The number of nitrogens with one attached hydrogen (secondary N) is 1. The molecule has 1 heterocycles. The van der Waals surface area contributed by atoms with Crippen molar-refractivity contribution in [2.45, 2.75) is 19.3 Å². The highest BCUT2D eigenvalue weighted by Gasteiger charge is 2.51. The highest BCUT2D eigenvalue weighted by atomic mass is 15.0. The maximum absolute atomic E-state index is 3.46. The van der Waals surface area contributed by atoms with Crippen molar-refractivity contribution in [3.05, 3.63) is 35.9 Å². The lowest BCUT2D eigenvalue weighted by Crippen LogP contribution is -2.14. The lowest BCUT2D eigenvalue weighted by atomic mass is 10.0. The molecule has 0 bridgehead atoms. The second-order valence-corrected chi connectivity index (χ2v) is 5.03. The number of piperidine rings is 1. The molecule has 1 nitrogen and oxygen atoms in total. The van der Waals surface area contributed by atoms with E-state index >= 15 is 0 Å². The van der Waals surface area contributed by atoms with Crippen LogP contribution in [0.15, 0.2) is 30.3 Å². The first-order valence-corrected chi connectivity index (χ1v) is 6.20. The van der Waals surface area contributed by atoms with Crippen LogP contribution in [0.2, 0.25) is 0 Å². The minimum absolute atomic E-state index is 1.04. The fourth-order valence-electron chi connectivity index (χ4n) is 3.16. The Bertz CT molecular complexity index is 309. The lowest BCUT2D eigenvalue weighted by Gasteiger charge is -2.04. The molecule has 1 aliphatic carbocycles. The molecule has 0 radical (unpaired) electrons. The summed E-state index contributed by atoms with van der Waals surface area (Å²) in [5.74, 6) is 3.15. The summed E-state index contributed by atoms with van der Waals surface area (Å²) in [7, 11) is 0. The van der Waals surface area contributed by atoms with Crippen LogP contribution in [0, 0.1) is 17.8 Å². The third-order valence-electron chi connectivity index (χ3n) is 4.11. The number of benzene rings is 1. The van der Waals surface area contributed by atoms with Gasteiger partial charge in [-0.3, -0.25) is 0 Å². The molecule has 1 N–H and O–H groups in total. The highest BCUT2D eigenvalue weighted by molar-refractivity contribution is 5.14. The normalized spacial score (nSPS) is 32.7. The molecule has 0 aromatic heterocycles. The van der Waals surface area contributed by atoms with Gasteiger partial charge in [0.05, 0.1) is 0 Å². The largest absolute Gasteiger partial charge is 0.316 e. The van der Waals surface area contributed by atoms with Crippen molar-refractivity contribution < 1.29 is 0 Å². The van der Waals surface area contributed by atoms with E-state index in [2.05, 4.69) is 35.6 Å². The van der Waals surface area contributed by atoms with E-state index in [1.807, 2.05) is 0 Å². The van der Waals surface area contributed by atoms with E-state index < -0.39 is 0 Å². The molecule has 1 saturated carbocycles. The maximum atomic E-state index is 3.46. The van der Waals surface area contributed by atoms with Gasteiger partial charge >= 0.3 is 0 Å². The predicted octanol–water partition coefficient (Wildman–Crippen LogP) is 2.47. The van der Waals surface area contributed by atoms with Gasteiger partial charge in [-0.05, 0) is 55.7 Å². The SMILES string of the molecule is c1ccc(CCC[C@@H]2[C@H]3CNC[C@@H]23)cc1. The first-order chi connectivity index (χ1) is 7.45. The van der Waals surface area contributed by atoms with Crippen molar-refractivity contribution in [2.24, 2.45) is 17.8 Å². The molecule has 0 unspecified atom stereocenters. The van der Waals surface area contributed by atoms with E-state index in [0.717, 1.165) is 17.8 Å². The quantitative estimate of drug-likeness (QED) is 0.789. The Kier molecular flexibility index (Phi) is 2.49. The van der Waals surface area contributed by atoms with Gasteiger partial charge in [-0.2, -0.15) is 0 Å². The Morgan fingerprint density at radius 1 is 1.07 bits per heavy atom. The zero-order valence-electron chi connectivity index (χ0n) is 9.15. The summed E-state index contributed by atoms with van der Waals surface area (Å²) in [6, 6.07) is 10.9. The third-order valence-corrected chi connectivity index (χ3v) is 4.11. The fraction of sp³-hybridized carbons (Fsp3) is 0.571. The average molecular weight is 201 g/mol. The summed E-state index contributed by atoms with van der Waals surface area (Å²) < 4.78 is 0. The summed E-state index contributed by atoms with van der Waals surface area (Å²) >= 11 is 0. The molecule has 1 saturated heterocycles. The minimum atomic E-state index is 1.04. The van der Waals surface area contributed by atoms with Crippen LogP contribution >= 0.6 is 0 Å². The Balaban J connectivity index is 1.41. The van der Waals surface area contributed by atoms with Crippen LogP contribution in [0.25, 0.3) is 0 Å². The molecule has 2 fully saturated rings. The van der Waals surface area contributed by atoms with Gasteiger partial charge in [-0.25, -0.2) is 0 Å². The van der Waals surface area contributed by atoms with Crippen molar-refractivity contribution in [2.75, 3.05) is 13.1 Å². The van der Waals surface area contributed by atoms with E-state index in [1.165, 1.54) is 37.9 Å². The van der Waals surface area contributed by atoms with Gasteiger partial charge in [-0.1, -0.05) is 30.3 Å². The van der Waals surface area contributed by atoms with E-state index in [4.69, 9.17) is 0 Å². The first kappa shape index (κ1) is 9.41. The molecule has 3 rings (SSSR count). The molecule has 2 aliphatic rings. The van der Waals surface area contributed by atoms with Gasteiger partial charge in [0.2, 0.25) is 0 Å². The molecule has 15 heavy (non-hydrogen) atoms. The second kappa shape index (κ2) is 3.97. The summed E-state index contributed by atoms with van der Waals surface area (Å²) in [6.45, 7) is 2.58. The zero-order valence-corrected chi connectivity index (χ0v) is 9.15. The molecule has 1 heteroatoms. The van der Waals surface area contributed by atoms with E-state index in [-0.39, 0.29) is 0 Å². The van der Waals surface area contributed by atoms with Crippen LogP contribution in [-0.4, -0.2) is 13.1 Å². The van der Waals surface area contributed by atoms with Crippen molar-refractivity contribution in [3.8, 4) is 0 Å². The Hall–Kier alpha value is -0.820. The van der Waals surface area contributed by atoms with E-state index in [9.17, 15) is 0 Å². The van der Waals surface area contributed by atoms with Gasteiger partial charge in [-0.15, -0.1) is 0 Å². The van der Waals surface area contributed by atoms with Crippen molar-refractivity contribution in [1.29, 1.82) is 0 Å². The topological polar surface area (TPSA) is 12.0 Å². The molecule has 3 atom stereocenters. The summed E-state index contributed by atoms with van der Waals surface area (Å²) in [5.41, 5.74) is 1.50. The standard InChI is InChI=1S/C14H19N/c1-2-5-11(6-3-1)7-4-8-12-13-9-15-10-14(12)13/h1-3,5-6,12-15H,4,7-10H2/t12-,13-,14+. The second-order valence-electron chi connectivity index (χ2n) is 5.03. The molecule has 0 amide bonds. The molecule has 0 spiro atoms. The number of aryl methyl sites for hydroxylation is 1. The van der Waals surface area contributed by atoms with E-state index in [1.54, 1.807) is 0 Å². The minimum Gasteiger partial charge on any atom is -0.316 e. The maximum Gasteiger partial charge on any atom is -0.00144 e.